The third-order valence-corrected chi connectivity index (χ3v) is 6.52. The number of ether oxygens (including phenoxy) is 2. The Morgan fingerprint density at radius 3 is 2.05 bits per heavy atom. The van der Waals surface area contributed by atoms with Gasteiger partial charge in [-0.25, -0.2) is 4.79 Å². The van der Waals surface area contributed by atoms with E-state index in [1.807, 2.05) is 49.4 Å². The van der Waals surface area contributed by atoms with Crippen LogP contribution in [0.2, 0.25) is 0 Å². The first-order valence-corrected chi connectivity index (χ1v) is 13.5. The molecule has 0 radical (unpaired) electrons. The molecular formula is C32H39F3N2O5. The quantitative estimate of drug-likeness (QED) is 0.257. The van der Waals surface area contributed by atoms with E-state index in [9.17, 15) is 18.0 Å². The Bertz CT molecular complexity index is 1350. The van der Waals surface area contributed by atoms with Crippen LogP contribution in [0.15, 0.2) is 60.7 Å². The Labute approximate surface area is 245 Å². The van der Waals surface area contributed by atoms with Gasteiger partial charge < -0.3 is 19.9 Å². The summed E-state index contributed by atoms with van der Waals surface area (Å²) in [6.07, 6.45) is -5.08. The third kappa shape index (κ3) is 9.80. The van der Waals surface area contributed by atoms with Crippen LogP contribution < -0.4 is 14.8 Å². The number of rotatable bonds is 10. The van der Waals surface area contributed by atoms with Crippen molar-refractivity contribution in [3.63, 3.8) is 0 Å². The first-order valence-electron chi connectivity index (χ1n) is 13.5. The lowest BCUT2D eigenvalue weighted by Gasteiger charge is -2.30. The summed E-state index contributed by atoms with van der Waals surface area (Å²) in [7, 11) is 1.62. The van der Waals surface area contributed by atoms with Gasteiger partial charge in [0.05, 0.1) is 7.11 Å². The first kappa shape index (κ1) is 34.2. The van der Waals surface area contributed by atoms with E-state index in [0.717, 1.165) is 17.7 Å². The highest BCUT2D eigenvalue weighted by Gasteiger charge is 2.38. The smallest absolute Gasteiger partial charge is 0.490 e. The van der Waals surface area contributed by atoms with Gasteiger partial charge in [-0.05, 0) is 82.0 Å². The Hall–Kier alpha value is -4.05. The molecule has 3 aromatic rings. The molecule has 0 aliphatic carbocycles. The molecule has 1 amide bonds. The lowest BCUT2D eigenvalue weighted by atomic mass is 9.96. The summed E-state index contributed by atoms with van der Waals surface area (Å²) >= 11 is 0. The van der Waals surface area contributed by atoms with E-state index in [4.69, 9.17) is 19.4 Å². The van der Waals surface area contributed by atoms with Gasteiger partial charge >= 0.3 is 12.1 Å². The van der Waals surface area contributed by atoms with Crippen molar-refractivity contribution in [1.82, 2.24) is 4.90 Å². The number of halogens is 3. The molecule has 10 heteroatoms. The van der Waals surface area contributed by atoms with Crippen molar-refractivity contribution in [3.8, 4) is 22.6 Å². The number of nitrogens with zero attached hydrogens (tertiary/aromatic N) is 1. The number of carbonyl (C=O) groups excluding carboxylic acids is 1. The Morgan fingerprint density at radius 1 is 0.905 bits per heavy atom. The summed E-state index contributed by atoms with van der Waals surface area (Å²) in [6.45, 7) is 14.1. The zero-order valence-electron chi connectivity index (χ0n) is 25.0. The number of benzene rings is 3. The minimum atomic E-state index is -5.08. The summed E-state index contributed by atoms with van der Waals surface area (Å²) in [5.41, 5.74) is 5.72. The molecule has 0 unspecified atom stereocenters. The van der Waals surface area contributed by atoms with Crippen LogP contribution in [0, 0.1) is 13.8 Å². The zero-order chi connectivity index (χ0) is 31.6. The number of methoxy groups -OCH3 is 1. The highest BCUT2D eigenvalue weighted by atomic mass is 19.4. The van der Waals surface area contributed by atoms with E-state index in [1.54, 1.807) is 7.11 Å². The van der Waals surface area contributed by atoms with Gasteiger partial charge in [0.1, 0.15) is 6.61 Å². The van der Waals surface area contributed by atoms with Crippen molar-refractivity contribution in [2.45, 2.75) is 59.8 Å². The molecule has 0 aliphatic heterocycles. The summed E-state index contributed by atoms with van der Waals surface area (Å²) in [6, 6.07) is 20.6. The number of amides is 1. The number of aryl methyl sites for hydroxylation is 2. The maximum atomic E-state index is 13.1. The van der Waals surface area contributed by atoms with Gasteiger partial charge in [0, 0.05) is 35.9 Å². The summed E-state index contributed by atoms with van der Waals surface area (Å²) in [5, 5.41) is 10.1. The van der Waals surface area contributed by atoms with E-state index in [0.29, 0.717) is 41.4 Å². The molecule has 3 aromatic carbocycles. The standard InChI is InChI=1S/C30H38N2O3.C2HF3O2/c1-20(2)32(21(3)4)16-17-35-29-19-25(13-15-28(29)34-7)31-30(33)27-14-12-24(18-23(27)6)26-11-9-8-10-22(26)5;3-2(4,5)1(6)7/h8-15,18-21H,16-17H2,1-7H3,(H,31,33);(H,6,7). The molecule has 0 aliphatic rings. The number of carboxylic acid groups (broad SMARTS) is 1. The van der Waals surface area contributed by atoms with Gasteiger partial charge in [0.15, 0.2) is 11.5 Å². The van der Waals surface area contributed by atoms with Crippen LogP contribution in [0.4, 0.5) is 18.9 Å². The SMILES string of the molecule is COc1ccc(NC(=O)c2ccc(-c3ccccc3C)cc2C)cc1OCCN(C(C)C)C(C)C.O=C(O)C(F)(F)F. The van der Waals surface area contributed by atoms with Crippen molar-refractivity contribution in [2.24, 2.45) is 0 Å². The molecule has 0 atom stereocenters. The van der Waals surface area contributed by atoms with Gasteiger partial charge in [-0.1, -0.05) is 36.4 Å². The molecule has 7 nitrogen and oxygen atoms in total. The van der Waals surface area contributed by atoms with E-state index in [1.165, 1.54) is 11.1 Å². The number of carboxylic acids is 1. The zero-order valence-corrected chi connectivity index (χ0v) is 25.0. The molecule has 0 fully saturated rings. The summed E-state index contributed by atoms with van der Waals surface area (Å²) in [4.78, 5) is 24.4. The van der Waals surface area contributed by atoms with E-state index in [2.05, 4.69) is 63.0 Å². The minimum Gasteiger partial charge on any atom is -0.493 e. The number of aliphatic carboxylic acids is 1. The summed E-state index contributed by atoms with van der Waals surface area (Å²) < 4.78 is 43.3. The molecule has 228 valence electrons. The highest BCUT2D eigenvalue weighted by molar-refractivity contribution is 6.05. The Balaban J connectivity index is 0.000000782. The molecular weight excluding hydrogens is 549 g/mol. The Morgan fingerprint density at radius 2 is 1.52 bits per heavy atom. The van der Waals surface area contributed by atoms with E-state index < -0.39 is 12.1 Å². The van der Waals surface area contributed by atoms with E-state index >= 15 is 0 Å². The van der Waals surface area contributed by atoms with Crippen molar-refractivity contribution < 1.29 is 37.3 Å². The van der Waals surface area contributed by atoms with E-state index in [-0.39, 0.29) is 5.91 Å². The van der Waals surface area contributed by atoms with Crippen LogP contribution in [0.25, 0.3) is 11.1 Å². The van der Waals surface area contributed by atoms with Gasteiger partial charge in [0.2, 0.25) is 0 Å². The van der Waals surface area contributed by atoms with Crippen LogP contribution in [0.3, 0.4) is 0 Å². The lowest BCUT2D eigenvalue weighted by Crippen LogP contribution is -2.39. The molecule has 0 spiro atoms. The summed E-state index contributed by atoms with van der Waals surface area (Å²) in [5.74, 6) is -1.65. The second kappa shape index (κ2) is 15.3. The van der Waals surface area contributed by atoms with Crippen LogP contribution in [-0.4, -0.2) is 60.4 Å². The fourth-order valence-electron chi connectivity index (χ4n) is 4.42. The average molecular weight is 589 g/mol. The normalized spacial score (nSPS) is 11.3. The number of alkyl halides is 3. The highest BCUT2D eigenvalue weighted by Crippen LogP contribution is 2.31. The van der Waals surface area contributed by atoms with Crippen molar-refractivity contribution >= 4 is 17.6 Å². The second-order valence-electron chi connectivity index (χ2n) is 10.2. The predicted octanol–water partition coefficient (Wildman–Crippen LogP) is 7.36. The van der Waals surface area contributed by atoms with Crippen LogP contribution >= 0.6 is 0 Å². The third-order valence-electron chi connectivity index (χ3n) is 6.52. The van der Waals surface area contributed by atoms with Crippen molar-refractivity contribution in [3.05, 3.63) is 77.4 Å². The number of carbonyl (C=O) groups is 2. The number of anilines is 1. The molecule has 2 N–H and O–H groups in total. The minimum absolute atomic E-state index is 0.152. The van der Waals surface area contributed by atoms with Crippen molar-refractivity contribution in [1.29, 1.82) is 0 Å². The average Bonchev–Trinajstić information content (AvgIpc) is 2.90. The van der Waals surface area contributed by atoms with Gasteiger partial charge in [-0.2, -0.15) is 13.2 Å². The number of nitrogens with one attached hydrogen (secondary N) is 1. The molecule has 0 bridgehead atoms. The first-order chi connectivity index (χ1) is 19.6. The fourth-order valence-corrected chi connectivity index (χ4v) is 4.42. The van der Waals surface area contributed by atoms with Crippen LogP contribution in [0.1, 0.15) is 49.2 Å². The fraction of sp³-hybridized carbons (Fsp3) is 0.375. The topological polar surface area (TPSA) is 88.1 Å². The predicted molar refractivity (Wildman–Crippen MR) is 158 cm³/mol. The van der Waals surface area contributed by atoms with Crippen molar-refractivity contribution in [2.75, 3.05) is 25.6 Å². The molecule has 0 saturated heterocycles. The lowest BCUT2D eigenvalue weighted by molar-refractivity contribution is -0.192. The molecule has 0 heterocycles. The Kier molecular flexibility index (Phi) is 12.4. The molecule has 0 aromatic heterocycles. The number of hydrogen-bond donors (Lipinski definition) is 2. The van der Waals surface area contributed by atoms with Crippen LogP contribution in [0.5, 0.6) is 11.5 Å². The van der Waals surface area contributed by atoms with Gasteiger partial charge in [-0.15, -0.1) is 0 Å². The second-order valence-corrected chi connectivity index (χ2v) is 10.2. The maximum Gasteiger partial charge on any atom is 0.490 e. The van der Waals surface area contributed by atoms with Gasteiger partial charge in [0.25, 0.3) is 5.91 Å². The molecule has 3 rings (SSSR count). The monoisotopic (exact) mass is 588 g/mol. The van der Waals surface area contributed by atoms with Crippen LogP contribution in [-0.2, 0) is 4.79 Å². The largest absolute Gasteiger partial charge is 0.493 e. The molecule has 42 heavy (non-hydrogen) atoms. The van der Waals surface area contributed by atoms with Gasteiger partial charge in [-0.3, -0.25) is 9.69 Å². The molecule has 0 saturated carbocycles. The maximum absolute atomic E-state index is 13.1. The number of hydrogen-bond acceptors (Lipinski definition) is 5.